The fourth-order valence-electron chi connectivity index (χ4n) is 3.96. The van der Waals surface area contributed by atoms with Crippen molar-refractivity contribution in [1.82, 2.24) is 0 Å². The number of hydrogen-bond acceptors (Lipinski definition) is 5. The summed E-state index contributed by atoms with van der Waals surface area (Å²) in [6.07, 6.45) is -4.73. The van der Waals surface area contributed by atoms with Gasteiger partial charge in [-0.2, -0.15) is 13.2 Å². The van der Waals surface area contributed by atoms with E-state index in [1.165, 1.54) is 4.90 Å². The standard InChI is InChI=1S/C28H24ClF3N2O5/c1-16-3-7-22(11-17(16)2)39-21-8-5-20(6-9-21)34-14-18(12-26(34)36)27(37)38-15-25(35)33-24-13-19(28(30,31)32)4-10-23(24)29/h3-11,13,18H,12,14-15H2,1-2H3,(H,33,35)/t18-/m0/s1. The fourth-order valence-corrected chi connectivity index (χ4v) is 4.13. The van der Waals surface area contributed by atoms with Crippen molar-refractivity contribution >= 4 is 40.8 Å². The molecule has 1 atom stereocenters. The zero-order valence-electron chi connectivity index (χ0n) is 21.0. The number of carbonyl (C=O) groups excluding carboxylic acids is 3. The highest BCUT2D eigenvalue weighted by Gasteiger charge is 2.36. The molecule has 1 saturated heterocycles. The van der Waals surface area contributed by atoms with Crippen LogP contribution in [0.4, 0.5) is 24.5 Å². The van der Waals surface area contributed by atoms with Crippen molar-refractivity contribution in [3.63, 3.8) is 0 Å². The van der Waals surface area contributed by atoms with E-state index in [2.05, 4.69) is 5.32 Å². The fraction of sp³-hybridized carbons (Fsp3) is 0.250. The van der Waals surface area contributed by atoms with Gasteiger partial charge < -0.3 is 19.7 Å². The predicted molar refractivity (Wildman–Crippen MR) is 139 cm³/mol. The van der Waals surface area contributed by atoms with E-state index in [-0.39, 0.29) is 29.6 Å². The lowest BCUT2D eigenvalue weighted by Crippen LogP contribution is -2.28. The van der Waals surface area contributed by atoms with E-state index in [0.29, 0.717) is 23.3 Å². The number of ether oxygens (including phenoxy) is 2. The van der Waals surface area contributed by atoms with Crippen LogP contribution >= 0.6 is 11.6 Å². The Morgan fingerprint density at radius 3 is 2.36 bits per heavy atom. The van der Waals surface area contributed by atoms with Gasteiger partial charge in [0.2, 0.25) is 5.91 Å². The zero-order chi connectivity index (χ0) is 28.3. The Kier molecular flexibility index (Phi) is 8.15. The Morgan fingerprint density at radius 2 is 1.69 bits per heavy atom. The molecule has 204 valence electrons. The van der Waals surface area contributed by atoms with Crippen molar-refractivity contribution < 1.29 is 37.0 Å². The average Bonchev–Trinajstić information content (AvgIpc) is 3.27. The molecule has 1 fully saturated rings. The second kappa shape index (κ2) is 11.4. The van der Waals surface area contributed by atoms with Crippen molar-refractivity contribution in [1.29, 1.82) is 0 Å². The van der Waals surface area contributed by atoms with Crippen molar-refractivity contribution in [2.45, 2.75) is 26.4 Å². The van der Waals surface area contributed by atoms with E-state index in [1.54, 1.807) is 24.3 Å². The van der Waals surface area contributed by atoms with Crippen LogP contribution in [-0.2, 0) is 25.3 Å². The topological polar surface area (TPSA) is 84.9 Å². The van der Waals surface area contributed by atoms with Crippen LogP contribution in [0.25, 0.3) is 0 Å². The number of rotatable bonds is 7. The third-order valence-corrected chi connectivity index (χ3v) is 6.56. The summed E-state index contributed by atoms with van der Waals surface area (Å²) in [7, 11) is 0. The van der Waals surface area contributed by atoms with Crippen LogP contribution in [0.15, 0.2) is 60.7 Å². The van der Waals surface area contributed by atoms with Gasteiger partial charge in [0.1, 0.15) is 11.5 Å². The van der Waals surface area contributed by atoms with Gasteiger partial charge in [0, 0.05) is 18.7 Å². The molecule has 4 rings (SSSR count). The zero-order valence-corrected chi connectivity index (χ0v) is 21.7. The first-order chi connectivity index (χ1) is 18.4. The highest BCUT2D eigenvalue weighted by atomic mass is 35.5. The van der Waals surface area contributed by atoms with Crippen molar-refractivity contribution in [3.05, 3.63) is 82.4 Å². The summed E-state index contributed by atoms with van der Waals surface area (Å²) < 4.78 is 49.6. The van der Waals surface area contributed by atoms with Crippen LogP contribution in [0.3, 0.4) is 0 Å². The van der Waals surface area contributed by atoms with Gasteiger partial charge in [0.05, 0.1) is 22.2 Å². The van der Waals surface area contributed by atoms with Crippen LogP contribution in [-0.4, -0.2) is 30.9 Å². The second-order valence-electron chi connectivity index (χ2n) is 9.10. The van der Waals surface area contributed by atoms with Gasteiger partial charge in [-0.25, -0.2) is 0 Å². The summed E-state index contributed by atoms with van der Waals surface area (Å²) in [4.78, 5) is 38.7. The molecule has 0 aliphatic carbocycles. The third-order valence-electron chi connectivity index (χ3n) is 6.23. The molecule has 3 aromatic rings. The number of benzene rings is 3. The molecule has 7 nitrogen and oxygen atoms in total. The number of alkyl halides is 3. The minimum absolute atomic E-state index is 0.0517. The molecule has 0 aromatic heterocycles. The Hall–Kier alpha value is -4.05. The largest absolute Gasteiger partial charge is 0.457 e. The molecular weight excluding hydrogens is 537 g/mol. The van der Waals surface area contributed by atoms with Gasteiger partial charge in [-0.3, -0.25) is 14.4 Å². The van der Waals surface area contributed by atoms with Crippen molar-refractivity contribution in [3.8, 4) is 11.5 Å². The Labute approximate surface area is 227 Å². The molecule has 3 aromatic carbocycles. The van der Waals surface area contributed by atoms with Gasteiger partial charge in [-0.1, -0.05) is 17.7 Å². The monoisotopic (exact) mass is 560 g/mol. The first-order valence-corrected chi connectivity index (χ1v) is 12.3. The molecular formula is C28H24ClF3N2O5. The van der Waals surface area contributed by atoms with Gasteiger partial charge >= 0.3 is 12.1 Å². The summed E-state index contributed by atoms with van der Waals surface area (Å²) in [5.74, 6) is -1.48. The number of amides is 2. The summed E-state index contributed by atoms with van der Waals surface area (Å²) in [6, 6.07) is 15.1. The van der Waals surface area contributed by atoms with Crippen LogP contribution in [0.1, 0.15) is 23.1 Å². The molecule has 0 saturated carbocycles. The lowest BCUT2D eigenvalue weighted by molar-refractivity contribution is -0.151. The van der Waals surface area contributed by atoms with Gasteiger partial charge in [0.15, 0.2) is 6.61 Å². The first-order valence-electron chi connectivity index (χ1n) is 11.9. The quantitative estimate of drug-likeness (QED) is 0.343. The molecule has 1 N–H and O–H groups in total. The molecule has 0 radical (unpaired) electrons. The second-order valence-corrected chi connectivity index (χ2v) is 9.50. The predicted octanol–water partition coefficient (Wildman–Crippen LogP) is 6.30. The molecule has 1 aliphatic rings. The maximum atomic E-state index is 12.9. The number of nitrogens with zero attached hydrogens (tertiary/aromatic N) is 1. The highest BCUT2D eigenvalue weighted by molar-refractivity contribution is 6.33. The Bertz CT molecular complexity index is 1410. The van der Waals surface area contributed by atoms with E-state index in [1.807, 2.05) is 32.0 Å². The number of anilines is 2. The number of carbonyl (C=O) groups is 3. The molecule has 0 unspecified atom stereocenters. The Morgan fingerprint density at radius 1 is 1.00 bits per heavy atom. The van der Waals surface area contributed by atoms with Crippen LogP contribution in [0.2, 0.25) is 5.02 Å². The molecule has 0 bridgehead atoms. The number of esters is 1. The third kappa shape index (κ3) is 6.88. The van der Waals surface area contributed by atoms with E-state index >= 15 is 0 Å². The Balaban J connectivity index is 1.31. The summed E-state index contributed by atoms with van der Waals surface area (Å²) in [5.41, 5.74) is 1.56. The SMILES string of the molecule is Cc1ccc(Oc2ccc(N3C[C@@H](C(=O)OCC(=O)Nc4cc(C(F)(F)F)ccc4Cl)CC3=O)cc2)cc1C. The average molecular weight is 561 g/mol. The summed E-state index contributed by atoms with van der Waals surface area (Å²) >= 11 is 5.87. The summed E-state index contributed by atoms with van der Waals surface area (Å²) in [6.45, 7) is 3.30. The van der Waals surface area contributed by atoms with Crippen LogP contribution in [0, 0.1) is 19.8 Å². The number of halogens is 4. The first kappa shape index (κ1) is 28.0. The van der Waals surface area contributed by atoms with E-state index < -0.39 is 36.1 Å². The van der Waals surface area contributed by atoms with E-state index in [9.17, 15) is 27.6 Å². The van der Waals surface area contributed by atoms with E-state index in [0.717, 1.165) is 23.3 Å². The normalized spacial score (nSPS) is 15.3. The molecule has 39 heavy (non-hydrogen) atoms. The lowest BCUT2D eigenvalue weighted by Gasteiger charge is -2.17. The highest BCUT2D eigenvalue weighted by Crippen LogP contribution is 2.34. The molecule has 11 heteroatoms. The van der Waals surface area contributed by atoms with Crippen LogP contribution in [0.5, 0.6) is 11.5 Å². The smallest absolute Gasteiger partial charge is 0.416 e. The molecule has 1 heterocycles. The van der Waals surface area contributed by atoms with E-state index in [4.69, 9.17) is 21.1 Å². The van der Waals surface area contributed by atoms with Crippen molar-refractivity contribution in [2.24, 2.45) is 5.92 Å². The van der Waals surface area contributed by atoms with Crippen LogP contribution < -0.4 is 15.0 Å². The van der Waals surface area contributed by atoms with Crippen molar-refractivity contribution in [2.75, 3.05) is 23.4 Å². The maximum Gasteiger partial charge on any atom is 0.416 e. The number of hydrogen-bond donors (Lipinski definition) is 1. The minimum atomic E-state index is -4.62. The lowest BCUT2D eigenvalue weighted by atomic mass is 10.1. The minimum Gasteiger partial charge on any atom is -0.457 e. The summed E-state index contributed by atoms with van der Waals surface area (Å²) in [5, 5.41) is 2.10. The van der Waals surface area contributed by atoms with Gasteiger partial charge in [0.25, 0.3) is 5.91 Å². The molecule has 2 amide bonds. The number of nitrogens with one attached hydrogen (secondary N) is 1. The molecule has 0 spiro atoms. The maximum absolute atomic E-state index is 12.9. The van der Waals surface area contributed by atoms with Gasteiger partial charge in [-0.05, 0) is 79.6 Å². The van der Waals surface area contributed by atoms with Gasteiger partial charge in [-0.15, -0.1) is 0 Å². The molecule has 1 aliphatic heterocycles. The number of aryl methyl sites for hydroxylation is 2.